The smallest absolute Gasteiger partial charge is 0.192 e. The predicted molar refractivity (Wildman–Crippen MR) is 127 cm³/mol. The Kier molecular flexibility index (Phi) is 11.1. The molecule has 0 spiro atoms. The minimum atomic E-state index is 0. The number of nitrogens with one attached hydrogen (secondary N) is 2. The molecule has 2 N–H and O–H groups in total. The number of rotatable bonds is 9. The van der Waals surface area contributed by atoms with Crippen LogP contribution in [0.3, 0.4) is 0 Å². The molecule has 7 heteroatoms. The fourth-order valence-corrected chi connectivity index (χ4v) is 2.91. The summed E-state index contributed by atoms with van der Waals surface area (Å²) < 4.78 is 1.98. The summed E-state index contributed by atoms with van der Waals surface area (Å²) in [4.78, 5) is 4.77. The minimum Gasteiger partial charge on any atom is -0.354 e. The largest absolute Gasteiger partial charge is 0.354 e. The zero-order valence-corrected chi connectivity index (χ0v) is 20.1. The molecular weight excluding hydrogens is 463 g/mol. The third-order valence-corrected chi connectivity index (χ3v) is 4.84. The lowest BCUT2D eigenvalue weighted by molar-refractivity contribution is 0.539. The Morgan fingerprint density at radius 3 is 2.43 bits per heavy atom. The summed E-state index contributed by atoms with van der Waals surface area (Å²) in [7, 11) is 1.97. The second-order valence-corrected chi connectivity index (χ2v) is 7.21. The fraction of sp³-hybridized carbons (Fsp3) is 0.571. The van der Waals surface area contributed by atoms with Crippen LogP contribution >= 0.6 is 24.0 Å². The molecule has 0 aliphatic carbocycles. The zero-order valence-electron chi connectivity index (χ0n) is 17.8. The van der Waals surface area contributed by atoms with Crippen molar-refractivity contribution in [2.45, 2.75) is 72.0 Å². The molecule has 2 aromatic rings. The second-order valence-electron chi connectivity index (χ2n) is 7.21. The summed E-state index contributed by atoms with van der Waals surface area (Å²) in [5.74, 6) is 2.57. The van der Waals surface area contributed by atoms with Gasteiger partial charge in [-0.3, -0.25) is 0 Å². The van der Waals surface area contributed by atoms with Crippen molar-refractivity contribution in [2.24, 2.45) is 12.0 Å². The van der Waals surface area contributed by atoms with Crippen molar-refractivity contribution in [1.82, 2.24) is 25.4 Å². The summed E-state index contributed by atoms with van der Waals surface area (Å²) in [5.41, 5.74) is 1.24. The number of nitrogens with zero attached hydrogens (tertiary/aromatic N) is 4. The molecule has 28 heavy (non-hydrogen) atoms. The molecule has 0 radical (unpaired) electrons. The molecule has 2 atom stereocenters. The molecule has 0 fully saturated rings. The summed E-state index contributed by atoms with van der Waals surface area (Å²) in [6.07, 6.45) is 4.87. The van der Waals surface area contributed by atoms with E-state index in [2.05, 4.69) is 65.9 Å². The molecule has 1 heterocycles. The average molecular weight is 498 g/mol. The van der Waals surface area contributed by atoms with Gasteiger partial charge in [-0.15, -0.1) is 34.2 Å². The average Bonchev–Trinajstić information content (AvgIpc) is 2.99. The van der Waals surface area contributed by atoms with E-state index in [4.69, 9.17) is 4.99 Å². The molecule has 2 rings (SSSR count). The molecule has 0 saturated heterocycles. The summed E-state index contributed by atoms with van der Waals surface area (Å²) in [5, 5.41) is 15.4. The number of hydrogen-bond acceptors (Lipinski definition) is 3. The number of aromatic nitrogens is 3. The number of aliphatic imine (C=N–C) groups is 1. The van der Waals surface area contributed by atoms with Crippen molar-refractivity contribution in [3.63, 3.8) is 0 Å². The van der Waals surface area contributed by atoms with Gasteiger partial charge in [-0.2, -0.15) is 0 Å². The van der Waals surface area contributed by atoms with Gasteiger partial charge in [-0.1, -0.05) is 56.5 Å². The van der Waals surface area contributed by atoms with E-state index in [-0.39, 0.29) is 30.0 Å². The molecule has 156 valence electrons. The highest BCUT2D eigenvalue weighted by Gasteiger charge is 2.11. The molecule has 0 saturated carbocycles. The Balaban J connectivity index is 0.00000392. The van der Waals surface area contributed by atoms with Gasteiger partial charge in [0.15, 0.2) is 11.8 Å². The summed E-state index contributed by atoms with van der Waals surface area (Å²) >= 11 is 0. The summed E-state index contributed by atoms with van der Waals surface area (Å²) in [6.45, 7) is 9.05. The van der Waals surface area contributed by atoms with Crippen LogP contribution in [0.15, 0.2) is 35.3 Å². The number of unbranched alkanes of at least 4 members (excludes halogenated alkanes) is 2. The number of aryl methyl sites for hydroxylation is 1. The van der Waals surface area contributed by atoms with Crippen molar-refractivity contribution in [3.05, 3.63) is 47.5 Å². The van der Waals surface area contributed by atoms with Crippen LogP contribution in [0.1, 0.15) is 69.7 Å². The van der Waals surface area contributed by atoms with E-state index in [9.17, 15) is 0 Å². The monoisotopic (exact) mass is 498 g/mol. The van der Waals surface area contributed by atoms with Gasteiger partial charge in [0.05, 0.1) is 6.04 Å². The van der Waals surface area contributed by atoms with Crippen LogP contribution in [-0.4, -0.2) is 26.8 Å². The van der Waals surface area contributed by atoms with Crippen molar-refractivity contribution in [1.29, 1.82) is 0 Å². The van der Waals surface area contributed by atoms with Crippen LogP contribution in [0.5, 0.6) is 0 Å². The van der Waals surface area contributed by atoms with Crippen LogP contribution in [0.2, 0.25) is 0 Å². The molecule has 1 aromatic carbocycles. The van der Waals surface area contributed by atoms with E-state index >= 15 is 0 Å². The van der Waals surface area contributed by atoms with Crippen LogP contribution in [0.4, 0.5) is 0 Å². The first-order valence-corrected chi connectivity index (χ1v) is 9.98. The standard InChI is InChI=1S/C21H34N6.HI/c1-6-7-9-12-16(2)23-21(22-15-20-26-25-18(4)27(20)5)24-17(3)19-13-10-8-11-14-19;/h8,10-11,13-14,16-17H,6-7,9,12,15H2,1-5H3,(H2,22,23,24);1H. The molecule has 0 bridgehead atoms. The molecule has 6 nitrogen and oxygen atoms in total. The Labute approximate surface area is 186 Å². The van der Waals surface area contributed by atoms with Crippen LogP contribution < -0.4 is 10.6 Å². The molecular formula is C21H35IN6. The van der Waals surface area contributed by atoms with Crippen LogP contribution in [0, 0.1) is 6.92 Å². The third kappa shape index (κ3) is 7.77. The SMILES string of the molecule is CCCCCC(C)NC(=NCc1nnc(C)n1C)NC(C)c1ccccc1.I. The molecule has 0 amide bonds. The van der Waals surface area contributed by atoms with Crippen molar-refractivity contribution >= 4 is 29.9 Å². The third-order valence-electron chi connectivity index (χ3n) is 4.84. The summed E-state index contributed by atoms with van der Waals surface area (Å²) in [6, 6.07) is 11.0. The maximum Gasteiger partial charge on any atom is 0.192 e. The first kappa shape index (κ1) is 24.4. The Bertz CT molecular complexity index is 713. The highest BCUT2D eigenvalue weighted by molar-refractivity contribution is 14.0. The minimum absolute atomic E-state index is 0. The van der Waals surface area contributed by atoms with E-state index in [1.807, 2.05) is 24.6 Å². The number of hydrogen-bond donors (Lipinski definition) is 2. The van der Waals surface area contributed by atoms with E-state index in [1.165, 1.54) is 24.8 Å². The van der Waals surface area contributed by atoms with Gasteiger partial charge in [0, 0.05) is 13.1 Å². The molecule has 2 unspecified atom stereocenters. The predicted octanol–water partition coefficient (Wildman–Crippen LogP) is 4.51. The van der Waals surface area contributed by atoms with E-state index in [1.54, 1.807) is 0 Å². The van der Waals surface area contributed by atoms with Gasteiger partial charge < -0.3 is 15.2 Å². The van der Waals surface area contributed by atoms with Crippen molar-refractivity contribution in [2.75, 3.05) is 0 Å². The maximum atomic E-state index is 4.77. The quantitative estimate of drug-likeness (QED) is 0.231. The van der Waals surface area contributed by atoms with Gasteiger partial charge in [0.2, 0.25) is 0 Å². The van der Waals surface area contributed by atoms with Gasteiger partial charge in [-0.05, 0) is 32.8 Å². The Hall–Kier alpha value is -1.64. The van der Waals surface area contributed by atoms with Gasteiger partial charge in [-0.25, -0.2) is 4.99 Å². The highest BCUT2D eigenvalue weighted by atomic mass is 127. The van der Waals surface area contributed by atoms with Crippen LogP contribution in [-0.2, 0) is 13.6 Å². The Morgan fingerprint density at radius 1 is 1.11 bits per heavy atom. The van der Waals surface area contributed by atoms with Crippen molar-refractivity contribution < 1.29 is 0 Å². The fourth-order valence-electron chi connectivity index (χ4n) is 2.91. The molecule has 0 aliphatic heterocycles. The Morgan fingerprint density at radius 2 is 1.82 bits per heavy atom. The van der Waals surface area contributed by atoms with Gasteiger partial charge >= 0.3 is 0 Å². The normalized spacial score (nSPS) is 13.5. The number of benzene rings is 1. The van der Waals surface area contributed by atoms with E-state index in [0.29, 0.717) is 12.6 Å². The van der Waals surface area contributed by atoms with Crippen molar-refractivity contribution in [3.8, 4) is 0 Å². The topological polar surface area (TPSA) is 67.1 Å². The lowest BCUT2D eigenvalue weighted by Gasteiger charge is -2.22. The molecule has 1 aromatic heterocycles. The maximum absolute atomic E-state index is 4.77. The number of halogens is 1. The first-order chi connectivity index (χ1) is 13.0. The number of guanidine groups is 1. The molecule has 0 aliphatic rings. The van der Waals surface area contributed by atoms with Gasteiger partial charge in [0.25, 0.3) is 0 Å². The van der Waals surface area contributed by atoms with E-state index in [0.717, 1.165) is 24.0 Å². The van der Waals surface area contributed by atoms with E-state index < -0.39 is 0 Å². The first-order valence-electron chi connectivity index (χ1n) is 9.98. The highest BCUT2D eigenvalue weighted by Crippen LogP contribution is 2.11. The van der Waals surface area contributed by atoms with Gasteiger partial charge in [0.1, 0.15) is 12.4 Å². The lowest BCUT2D eigenvalue weighted by Crippen LogP contribution is -2.43. The zero-order chi connectivity index (χ0) is 19.6. The second kappa shape index (κ2) is 12.7. The lowest BCUT2D eigenvalue weighted by atomic mass is 10.1. The van der Waals surface area contributed by atoms with Crippen LogP contribution in [0.25, 0.3) is 0 Å².